The smallest absolute Gasteiger partial charge is 0.235 e. The summed E-state index contributed by atoms with van der Waals surface area (Å²) < 4.78 is 6.26. The molecule has 11 heteroatoms. The van der Waals surface area contributed by atoms with Crippen molar-refractivity contribution in [1.29, 1.82) is 0 Å². The van der Waals surface area contributed by atoms with Crippen LogP contribution in [0.1, 0.15) is 61.2 Å². The average Bonchev–Trinajstić information content (AvgIpc) is 3.39. The van der Waals surface area contributed by atoms with Gasteiger partial charge in [-0.15, -0.1) is 0 Å². The molecule has 6 atom stereocenters. The molecule has 6 rings (SSSR count). The molecule has 2 aromatic rings. The van der Waals surface area contributed by atoms with Gasteiger partial charge in [0.05, 0.1) is 24.1 Å². The van der Waals surface area contributed by atoms with Gasteiger partial charge in [0, 0.05) is 11.0 Å². The van der Waals surface area contributed by atoms with E-state index in [2.05, 4.69) is 4.90 Å². The standard InChI is InChI=1S/C33H39N3O8/c1-31-14-19-18(21-11-8-17(44-21)15-36-12-6-5-7-13-36)9-10-20(37)22(19)25(38)24(31)29(41)33(43)28(40)23(30(34)42)26(39)27(35(3)4)32(33,2)16-31/h8-11,23-24,27,37,43H,5-7,12-16H2,1-4H3,(H2,34,42)/t23?,24?,27-,31+,32+,33-/m1/s1. The zero-order chi connectivity index (χ0) is 31.9. The maximum Gasteiger partial charge on any atom is 0.235 e. The number of ketones is 4. The Hall–Kier alpha value is -3.67. The number of rotatable bonds is 5. The number of hydrogen-bond acceptors (Lipinski definition) is 10. The molecule has 0 spiro atoms. The van der Waals surface area contributed by atoms with Crippen molar-refractivity contribution in [3.8, 4) is 17.1 Å². The summed E-state index contributed by atoms with van der Waals surface area (Å²) in [5.41, 5.74) is 0.819. The van der Waals surface area contributed by atoms with Gasteiger partial charge in [-0.2, -0.15) is 0 Å². The van der Waals surface area contributed by atoms with Crippen molar-refractivity contribution >= 4 is 29.0 Å². The summed E-state index contributed by atoms with van der Waals surface area (Å²) in [5.74, 6) is -7.71. The van der Waals surface area contributed by atoms with Crippen LogP contribution in [0.3, 0.4) is 0 Å². The van der Waals surface area contributed by atoms with Gasteiger partial charge in [-0.3, -0.25) is 33.8 Å². The maximum absolute atomic E-state index is 14.4. The van der Waals surface area contributed by atoms with E-state index >= 15 is 0 Å². The number of furan rings is 1. The van der Waals surface area contributed by atoms with Crippen LogP contribution in [-0.2, 0) is 32.1 Å². The lowest BCUT2D eigenvalue weighted by molar-refractivity contribution is -0.203. The average molecular weight is 606 g/mol. The number of aromatic hydroxyl groups is 1. The first-order valence-corrected chi connectivity index (χ1v) is 15.2. The summed E-state index contributed by atoms with van der Waals surface area (Å²) in [6, 6.07) is 5.59. The lowest BCUT2D eigenvalue weighted by Gasteiger charge is -2.61. The van der Waals surface area contributed by atoms with Gasteiger partial charge >= 0.3 is 0 Å². The van der Waals surface area contributed by atoms with Gasteiger partial charge in [0.15, 0.2) is 34.7 Å². The van der Waals surface area contributed by atoms with E-state index in [4.69, 9.17) is 10.2 Å². The number of primary amides is 1. The summed E-state index contributed by atoms with van der Waals surface area (Å²) >= 11 is 0. The number of nitrogens with zero attached hydrogens (tertiary/aromatic N) is 2. The predicted molar refractivity (Wildman–Crippen MR) is 157 cm³/mol. The molecule has 1 aliphatic heterocycles. The molecule has 4 N–H and O–H groups in total. The van der Waals surface area contributed by atoms with E-state index in [1.165, 1.54) is 24.3 Å². The Morgan fingerprint density at radius 1 is 1.05 bits per heavy atom. The number of hydrogen-bond donors (Lipinski definition) is 3. The highest BCUT2D eigenvalue weighted by atomic mass is 16.3. The first kappa shape index (κ1) is 30.4. The van der Waals surface area contributed by atoms with E-state index in [0.29, 0.717) is 23.4 Å². The molecule has 3 aliphatic carbocycles. The van der Waals surface area contributed by atoms with Gasteiger partial charge in [0.2, 0.25) is 5.91 Å². The van der Waals surface area contributed by atoms with Crippen molar-refractivity contribution in [2.45, 2.75) is 64.1 Å². The van der Waals surface area contributed by atoms with Gasteiger partial charge < -0.3 is 20.4 Å². The van der Waals surface area contributed by atoms with E-state index in [1.807, 2.05) is 12.1 Å². The zero-order valence-corrected chi connectivity index (χ0v) is 25.5. The van der Waals surface area contributed by atoms with Crippen LogP contribution in [0.5, 0.6) is 5.75 Å². The van der Waals surface area contributed by atoms with E-state index in [0.717, 1.165) is 31.7 Å². The third-order valence-electron chi connectivity index (χ3n) is 10.6. The van der Waals surface area contributed by atoms with Crippen molar-refractivity contribution in [2.24, 2.45) is 28.4 Å². The topological polar surface area (TPSA) is 171 Å². The number of carbonyl (C=O) groups excluding carboxylic acids is 5. The van der Waals surface area contributed by atoms with Crippen LogP contribution in [0, 0.1) is 22.7 Å². The quantitative estimate of drug-likeness (QED) is 0.428. The highest BCUT2D eigenvalue weighted by Crippen LogP contribution is 2.62. The van der Waals surface area contributed by atoms with E-state index in [-0.39, 0.29) is 24.2 Å². The molecular weight excluding hydrogens is 566 g/mol. The Bertz CT molecular complexity index is 1610. The third kappa shape index (κ3) is 4.09. The van der Waals surface area contributed by atoms with Crippen LogP contribution in [0.4, 0.5) is 0 Å². The largest absolute Gasteiger partial charge is 0.507 e. The monoisotopic (exact) mass is 605 g/mol. The highest BCUT2D eigenvalue weighted by molar-refractivity contribution is 6.33. The molecule has 2 heterocycles. The van der Waals surface area contributed by atoms with E-state index < -0.39 is 63.3 Å². The Morgan fingerprint density at radius 3 is 2.36 bits per heavy atom. The normalized spacial score (nSPS) is 34.1. The van der Waals surface area contributed by atoms with Crippen molar-refractivity contribution in [3.63, 3.8) is 0 Å². The number of phenolic OH excluding ortho intramolecular Hbond substituents is 1. The molecule has 0 radical (unpaired) electrons. The number of aliphatic hydroxyl groups is 1. The second-order valence-electron chi connectivity index (χ2n) is 13.9. The molecule has 1 aromatic heterocycles. The van der Waals surface area contributed by atoms with Crippen LogP contribution in [0.25, 0.3) is 11.3 Å². The predicted octanol–water partition coefficient (Wildman–Crippen LogP) is 1.89. The number of amides is 1. The van der Waals surface area contributed by atoms with Crippen molar-refractivity contribution in [2.75, 3.05) is 27.2 Å². The fraction of sp³-hybridized carbons (Fsp3) is 0.545. The first-order valence-electron chi connectivity index (χ1n) is 15.2. The lowest BCUT2D eigenvalue weighted by Crippen LogP contribution is -2.79. The molecule has 1 amide bonds. The molecule has 11 nitrogen and oxygen atoms in total. The van der Waals surface area contributed by atoms with Crippen molar-refractivity contribution < 1.29 is 38.6 Å². The Labute approximate surface area is 255 Å². The summed E-state index contributed by atoms with van der Waals surface area (Å²) in [7, 11) is 3.13. The summed E-state index contributed by atoms with van der Waals surface area (Å²) in [6.07, 6.45) is 3.56. The molecule has 1 aromatic carbocycles. The van der Waals surface area contributed by atoms with Gasteiger partial charge in [-0.05, 0) is 88.1 Å². The molecule has 2 saturated carbocycles. The number of fused-ring (bicyclic) bond motifs is 3. The number of Topliss-reactive ketones (excluding diaryl/α,β-unsaturated/α-hetero) is 4. The van der Waals surface area contributed by atoms with Gasteiger partial charge in [0.25, 0.3) is 0 Å². The highest BCUT2D eigenvalue weighted by Gasteiger charge is 2.76. The molecule has 234 valence electrons. The van der Waals surface area contributed by atoms with E-state index in [1.54, 1.807) is 27.1 Å². The number of nitrogens with two attached hydrogens (primary N) is 1. The van der Waals surface area contributed by atoms with Gasteiger partial charge in [-0.25, -0.2) is 0 Å². The summed E-state index contributed by atoms with van der Waals surface area (Å²) in [5, 5.41) is 23.0. The summed E-state index contributed by atoms with van der Waals surface area (Å²) in [6.45, 7) is 5.88. The molecule has 4 aliphatic rings. The van der Waals surface area contributed by atoms with Crippen molar-refractivity contribution in [1.82, 2.24) is 9.80 Å². The minimum atomic E-state index is -2.83. The first-order chi connectivity index (χ1) is 20.7. The van der Waals surface area contributed by atoms with Crippen LogP contribution in [0.15, 0.2) is 28.7 Å². The number of likely N-dealkylation sites (N-methyl/N-ethyl adjacent to an activating group) is 1. The summed E-state index contributed by atoms with van der Waals surface area (Å²) in [4.78, 5) is 72.0. The number of carbonyl (C=O) groups is 5. The second kappa shape index (κ2) is 10.2. The van der Waals surface area contributed by atoms with Gasteiger partial charge in [-0.1, -0.05) is 20.3 Å². The minimum absolute atomic E-state index is 0.0607. The molecule has 1 saturated heterocycles. The third-order valence-corrected chi connectivity index (χ3v) is 10.6. The molecule has 2 unspecified atom stereocenters. The van der Waals surface area contributed by atoms with Gasteiger partial charge in [0.1, 0.15) is 17.3 Å². The Morgan fingerprint density at radius 2 is 1.73 bits per heavy atom. The van der Waals surface area contributed by atoms with E-state index in [9.17, 15) is 34.2 Å². The molecular formula is C33H39N3O8. The number of phenols is 1. The van der Waals surface area contributed by atoms with Crippen LogP contribution in [0.2, 0.25) is 0 Å². The number of benzene rings is 1. The van der Waals surface area contributed by atoms with Crippen LogP contribution in [-0.4, -0.2) is 87.9 Å². The van der Waals surface area contributed by atoms with Crippen molar-refractivity contribution in [3.05, 3.63) is 41.2 Å². The Kier molecular flexibility index (Phi) is 7.03. The van der Waals surface area contributed by atoms with Crippen LogP contribution < -0.4 is 5.73 Å². The number of likely N-dealkylation sites (tertiary alicyclic amines) is 1. The number of piperidine rings is 1. The Balaban J connectivity index is 1.45. The molecule has 44 heavy (non-hydrogen) atoms. The molecule has 0 bridgehead atoms. The second-order valence-corrected chi connectivity index (χ2v) is 13.9. The minimum Gasteiger partial charge on any atom is -0.507 e. The fourth-order valence-corrected chi connectivity index (χ4v) is 8.90. The maximum atomic E-state index is 14.4. The lowest BCUT2D eigenvalue weighted by atomic mass is 9.42. The molecule has 3 fully saturated rings. The fourth-order valence-electron chi connectivity index (χ4n) is 8.90. The SMILES string of the molecule is CN(C)[C@@H]1C(=O)C(C(N)=O)C(=O)[C@@]2(O)C(=O)C3C(=O)c4c(O)ccc(-c5ccc(CN6CCCCC6)o5)c4C[C@@]3(C)C[C@@]12C. The van der Waals surface area contributed by atoms with Crippen LogP contribution >= 0.6 is 0 Å². The zero-order valence-electron chi connectivity index (χ0n) is 25.5.